The van der Waals surface area contributed by atoms with Crippen molar-refractivity contribution in [3.63, 3.8) is 0 Å². The Morgan fingerprint density at radius 3 is 2.81 bits per heavy atom. The van der Waals surface area contributed by atoms with Crippen molar-refractivity contribution < 1.29 is 9.50 Å². The SMILES string of the molecule is Cn1nccc1C(O)c1cc(F)ccc1N. The number of rotatable bonds is 2. The van der Waals surface area contributed by atoms with Gasteiger partial charge in [0, 0.05) is 24.5 Å². The molecule has 0 aliphatic rings. The third kappa shape index (κ3) is 1.77. The molecule has 1 aromatic heterocycles. The van der Waals surface area contributed by atoms with E-state index >= 15 is 0 Å². The van der Waals surface area contributed by atoms with Crippen LogP contribution in [0.3, 0.4) is 0 Å². The van der Waals surface area contributed by atoms with E-state index in [0.29, 0.717) is 16.9 Å². The van der Waals surface area contributed by atoms with E-state index in [1.165, 1.54) is 22.9 Å². The summed E-state index contributed by atoms with van der Waals surface area (Å²) in [7, 11) is 1.70. The lowest BCUT2D eigenvalue weighted by molar-refractivity contribution is 0.210. The van der Waals surface area contributed by atoms with Gasteiger partial charge in [0.25, 0.3) is 0 Å². The number of halogens is 1. The summed E-state index contributed by atoms with van der Waals surface area (Å²) < 4.78 is 14.6. The maximum atomic E-state index is 13.1. The summed E-state index contributed by atoms with van der Waals surface area (Å²) >= 11 is 0. The zero-order valence-electron chi connectivity index (χ0n) is 8.76. The number of aliphatic hydroxyl groups is 1. The Balaban J connectivity index is 2.45. The van der Waals surface area contributed by atoms with Crippen molar-refractivity contribution in [3.8, 4) is 0 Å². The highest BCUT2D eigenvalue weighted by atomic mass is 19.1. The van der Waals surface area contributed by atoms with E-state index in [0.717, 1.165) is 0 Å². The summed E-state index contributed by atoms with van der Waals surface area (Å²) in [6.07, 6.45) is 0.594. The molecule has 0 aliphatic carbocycles. The van der Waals surface area contributed by atoms with Crippen molar-refractivity contribution in [2.75, 3.05) is 5.73 Å². The molecule has 0 saturated heterocycles. The minimum absolute atomic E-state index is 0.351. The summed E-state index contributed by atoms with van der Waals surface area (Å²) in [5.41, 5.74) is 6.96. The first-order valence-corrected chi connectivity index (χ1v) is 4.80. The molecule has 0 fully saturated rings. The van der Waals surface area contributed by atoms with Gasteiger partial charge >= 0.3 is 0 Å². The Kier molecular flexibility index (Phi) is 2.62. The molecule has 2 rings (SSSR count). The van der Waals surface area contributed by atoms with Crippen LogP contribution in [-0.4, -0.2) is 14.9 Å². The molecule has 1 unspecified atom stereocenters. The van der Waals surface area contributed by atoms with Crippen molar-refractivity contribution in [2.24, 2.45) is 7.05 Å². The number of hydrogen-bond donors (Lipinski definition) is 2. The third-order valence-electron chi connectivity index (χ3n) is 2.48. The second-order valence-corrected chi connectivity index (χ2v) is 3.56. The molecule has 4 nitrogen and oxygen atoms in total. The number of aromatic nitrogens is 2. The first-order valence-electron chi connectivity index (χ1n) is 4.80. The molecule has 0 spiro atoms. The van der Waals surface area contributed by atoms with Gasteiger partial charge in [-0.2, -0.15) is 5.10 Å². The van der Waals surface area contributed by atoms with E-state index in [2.05, 4.69) is 5.10 Å². The maximum Gasteiger partial charge on any atom is 0.123 e. The highest BCUT2D eigenvalue weighted by Gasteiger charge is 2.17. The van der Waals surface area contributed by atoms with Crippen molar-refractivity contribution in [1.82, 2.24) is 9.78 Å². The van der Waals surface area contributed by atoms with Gasteiger partial charge in [-0.25, -0.2) is 4.39 Å². The van der Waals surface area contributed by atoms with E-state index < -0.39 is 11.9 Å². The summed E-state index contributed by atoms with van der Waals surface area (Å²) in [4.78, 5) is 0. The lowest BCUT2D eigenvalue weighted by Gasteiger charge is -2.13. The number of hydrogen-bond acceptors (Lipinski definition) is 3. The van der Waals surface area contributed by atoms with Crippen LogP contribution >= 0.6 is 0 Å². The van der Waals surface area contributed by atoms with Crippen molar-refractivity contribution in [1.29, 1.82) is 0 Å². The molecule has 84 valence electrons. The maximum absolute atomic E-state index is 13.1. The molecule has 16 heavy (non-hydrogen) atoms. The molecule has 2 aromatic rings. The first kappa shape index (κ1) is 10.6. The lowest BCUT2D eigenvalue weighted by atomic mass is 10.0. The zero-order chi connectivity index (χ0) is 11.7. The Bertz CT molecular complexity index is 510. The van der Waals surface area contributed by atoms with Crippen LogP contribution in [0, 0.1) is 5.82 Å². The predicted octanol–water partition coefficient (Wildman–Crippen LogP) is 1.22. The molecule has 0 radical (unpaired) electrons. The van der Waals surface area contributed by atoms with E-state index in [1.54, 1.807) is 19.3 Å². The molecule has 3 N–H and O–H groups in total. The van der Waals surface area contributed by atoms with E-state index in [1.807, 2.05) is 0 Å². The molecule has 0 bridgehead atoms. The molecule has 1 atom stereocenters. The van der Waals surface area contributed by atoms with E-state index in [4.69, 9.17) is 5.73 Å². The molecular weight excluding hydrogens is 209 g/mol. The molecule has 0 aliphatic heterocycles. The van der Waals surface area contributed by atoms with E-state index in [-0.39, 0.29) is 0 Å². The van der Waals surface area contributed by atoms with Gasteiger partial charge in [0.1, 0.15) is 11.9 Å². The van der Waals surface area contributed by atoms with E-state index in [9.17, 15) is 9.50 Å². The Labute approximate surface area is 92.1 Å². The van der Waals surface area contributed by atoms with Crippen LogP contribution in [0.2, 0.25) is 0 Å². The van der Waals surface area contributed by atoms with Crippen LogP contribution in [-0.2, 0) is 7.05 Å². The van der Waals surface area contributed by atoms with Gasteiger partial charge in [0.2, 0.25) is 0 Å². The van der Waals surface area contributed by atoms with Crippen LogP contribution in [0.15, 0.2) is 30.5 Å². The molecule has 1 aromatic carbocycles. The third-order valence-corrected chi connectivity index (χ3v) is 2.48. The van der Waals surface area contributed by atoms with Gasteiger partial charge in [0.05, 0.1) is 5.69 Å². The molecule has 5 heteroatoms. The minimum Gasteiger partial charge on any atom is -0.398 e. The average Bonchev–Trinajstić information content (AvgIpc) is 2.67. The predicted molar refractivity (Wildman–Crippen MR) is 58.1 cm³/mol. The zero-order valence-corrected chi connectivity index (χ0v) is 8.76. The Morgan fingerprint density at radius 1 is 1.44 bits per heavy atom. The van der Waals surface area contributed by atoms with Crippen molar-refractivity contribution in [2.45, 2.75) is 6.10 Å². The fourth-order valence-corrected chi connectivity index (χ4v) is 1.59. The molecule has 0 saturated carbocycles. The fraction of sp³-hybridized carbons (Fsp3) is 0.182. The summed E-state index contributed by atoms with van der Waals surface area (Å²) in [6.45, 7) is 0. The molecule has 0 amide bonds. The van der Waals surface area contributed by atoms with Crippen LogP contribution < -0.4 is 5.73 Å². The van der Waals surface area contributed by atoms with Crippen LogP contribution in [0.5, 0.6) is 0 Å². The largest absolute Gasteiger partial charge is 0.398 e. The molecular formula is C11H12FN3O. The minimum atomic E-state index is -0.969. The van der Waals surface area contributed by atoms with Gasteiger partial charge in [-0.05, 0) is 24.3 Å². The lowest BCUT2D eigenvalue weighted by Crippen LogP contribution is -2.09. The monoisotopic (exact) mass is 221 g/mol. The molecule has 1 heterocycles. The normalized spacial score (nSPS) is 12.7. The first-order chi connectivity index (χ1) is 7.59. The van der Waals surface area contributed by atoms with Crippen LogP contribution in [0.25, 0.3) is 0 Å². The Morgan fingerprint density at radius 2 is 2.19 bits per heavy atom. The topological polar surface area (TPSA) is 64.1 Å². The highest BCUT2D eigenvalue weighted by Crippen LogP contribution is 2.26. The summed E-state index contributed by atoms with van der Waals surface area (Å²) in [6, 6.07) is 5.58. The van der Waals surface area contributed by atoms with Crippen molar-refractivity contribution >= 4 is 5.69 Å². The number of nitrogens with two attached hydrogens (primary N) is 1. The van der Waals surface area contributed by atoms with Gasteiger partial charge in [0.15, 0.2) is 0 Å². The number of nitrogens with zero attached hydrogens (tertiary/aromatic N) is 2. The summed E-state index contributed by atoms with van der Waals surface area (Å²) in [5, 5.41) is 14.0. The van der Waals surface area contributed by atoms with Gasteiger partial charge in [-0.3, -0.25) is 4.68 Å². The van der Waals surface area contributed by atoms with Gasteiger partial charge in [-0.15, -0.1) is 0 Å². The van der Waals surface area contributed by atoms with Crippen molar-refractivity contribution in [3.05, 3.63) is 47.5 Å². The standard InChI is InChI=1S/C11H12FN3O/c1-15-10(4-5-14-15)11(16)8-6-7(12)2-3-9(8)13/h2-6,11,16H,13H2,1H3. The number of aliphatic hydroxyl groups excluding tert-OH is 1. The van der Waals surface area contributed by atoms with Crippen LogP contribution in [0.4, 0.5) is 10.1 Å². The quantitative estimate of drug-likeness (QED) is 0.749. The smallest absolute Gasteiger partial charge is 0.123 e. The highest BCUT2D eigenvalue weighted by molar-refractivity contribution is 5.49. The average molecular weight is 221 g/mol. The van der Waals surface area contributed by atoms with Crippen LogP contribution in [0.1, 0.15) is 17.4 Å². The Hall–Kier alpha value is -1.88. The number of nitrogen functional groups attached to an aromatic ring is 1. The van der Waals surface area contributed by atoms with Gasteiger partial charge < -0.3 is 10.8 Å². The van der Waals surface area contributed by atoms with Gasteiger partial charge in [-0.1, -0.05) is 0 Å². The number of aryl methyl sites for hydroxylation is 1. The number of anilines is 1. The second-order valence-electron chi connectivity index (χ2n) is 3.56. The fourth-order valence-electron chi connectivity index (χ4n) is 1.59. The summed E-state index contributed by atoms with van der Waals surface area (Å²) in [5.74, 6) is -0.426. The number of benzene rings is 1. The second kappa shape index (κ2) is 3.94.